The molecule has 0 fully saturated rings. The first kappa shape index (κ1) is 16.9. The van der Waals surface area contributed by atoms with E-state index in [2.05, 4.69) is 13.8 Å². The minimum Gasteiger partial charge on any atom is -0.343 e. The van der Waals surface area contributed by atoms with E-state index in [0.717, 1.165) is 16.7 Å². The highest BCUT2D eigenvalue weighted by Gasteiger charge is 2.39. The van der Waals surface area contributed by atoms with Crippen LogP contribution in [0, 0.1) is 27.6 Å². The van der Waals surface area contributed by atoms with Gasteiger partial charge in [0.15, 0.2) is 0 Å². The van der Waals surface area contributed by atoms with Crippen molar-refractivity contribution in [3.8, 4) is 11.3 Å². The maximum absolute atomic E-state index is 13.9. The Morgan fingerprint density at radius 3 is 2.38 bits per heavy atom. The van der Waals surface area contributed by atoms with Gasteiger partial charge in [0, 0.05) is 29.0 Å². The van der Waals surface area contributed by atoms with Gasteiger partial charge in [-0.3, -0.25) is 4.79 Å². The fourth-order valence-electron chi connectivity index (χ4n) is 4.31. The highest BCUT2D eigenvalue weighted by atomic mass is 16.2. The van der Waals surface area contributed by atoms with Crippen LogP contribution in [0.2, 0.25) is 0 Å². The van der Waals surface area contributed by atoms with Crippen molar-refractivity contribution in [2.24, 2.45) is 0 Å². The summed E-state index contributed by atoms with van der Waals surface area (Å²) in [4.78, 5) is 20.5. The van der Waals surface area contributed by atoms with Gasteiger partial charge in [-0.1, -0.05) is 37.5 Å². The van der Waals surface area contributed by atoms with Crippen molar-refractivity contribution in [2.75, 3.05) is 7.05 Å². The molecule has 0 unspecified atom stereocenters. The van der Waals surface area contributed by atoms with Crippen LogP contribution in [0.3, 0.4) is 0 Å². The molecular weight excluding hydrogens is 394 g/mol. The molecule has 0 aliphatic carbocycles. The van der Waals surface area contributed by atoms with Crippen LogP contribution >= 0.6 is 0 Å². The van der Waals surface area contributed by atoms with Crippen LogP contribution in [0.5, 0.6) is 0 Å². The summed E-state index contributed by atoms with van der Waals surface area (Å²) >= 11 is 0. The molecule has 0 radical (unpaired) electrons. The number of pyridine rings is 1. The van der Waals surface area contributed by atoms with Gasteiger partial charge in [0.25, 0.3) is 0 Å². The number of aromatic nitrogens is 2. The van der Waals surface area contributed by atoms with Crippen LogP contribution in [0.15, 0.2) is 24.3 Å². The normalized spacial score (nSPS) is 15.4. The second-order valence-electron chi connectivity index (χ2n) is 9.88. The molecule has 3 rings (SSSR count). The molecule has 1 amide bonds. The predicted molar refractivity (Wildman–Crippen MR) is 135 cm³/mol. The highest BCUT2D eigenvalue weighted by Crippen LogP contribution is 2.39. The number of hydrogen-bond acceptors (Lipinski definition) is 2. The summed E-state index contributed by atoms with van der Waals surface area (Å²) in [6.07, 6.45) is 2.00. The smallest absolute Gasteiger partial charge is 0.234 e. The summed E-state index contributed by atoms with van der Waals surface area (Å²) < 4.78 is 51.5. The maximum Gasteiger partial charge on any atom is 0.234 e. The Labute approximate surface area is 202 Å². The van der Waals surface area contributed by atoms with E-state index in [4.69, 9.17) is 13.2 Å². The van der Waals surface area contributed by atoms with Crippen molar-refractivity contribution >= 4 is 11.6 Å². The molecule has 2 aromatic heterocycles. The summed E-state index contributed by atoms with van der Waals surface area (Å²) in [5, 5.41) is 0. The van der Waals surface area contributed by atoms with Crippen molar-refractivity contribution in [3.05, 3.63) is 57.8 Å². The zero-order chi connectivity index (χ0) is 29.2. The monoisotopic (exact) mass is 439 g/mol. The molecule has 0 aliphatic rings. The molecule has 3 aromatic rings. The van der Waals surface area contributed by atoms with Crippen LogP contribution in [0.25, 0.3) is 16.9 Å². The molecule has 4 nitrogen and oxygen atoms in total. The van der Waals surface area contributed by atoms with E-state index < -0.39 is 23.9 Å². The van der Waals surface area contributed by atoms with Crippen LogP contribution in [0.1, 0.15) is 89.2 Å². The lowest BCUT2D eigenvalue weighted by Crippen LogP contribution is -2.45. The Bertz CT molecular complexity index is 1400. The number of benzene rings is 1. The van der Waals surface area contributed by atoms with Gasteiger partial charge in [0.05, 0.1) is 20.9 Å². The maximum atomic E-state index is 13.9. The number of carbonyl (C=O) groups is 1. The summed E-state index contributed by atoms with van der Waals surface area (Å²) in [7, 11) is 1.75. The Morgan fingerprint density at radius 2 is 1.81 bits per heavy atom. The summed E-state index contributed by atoms with van der Waals surface area (Å²) in [5.41, 5.74) is 3.53. The predicted octanol–water partition coefficient (Wildman–Crippen LogP) is 6.50. The average molecular weight is 440 g/mol. The third-order valence-corrected chi connectivity index (χ3v) is 6.59. The van der Waals surface area contributed by atoms with Crippen molar-refractivity contribution in [2.45, 2.75) is 86.5 Å². The average Bonchev–Trinajstić information content (AvgIpc) is 3.18. The van der Waals surface area contributed by atoms with Crippen molar-refractivity contribution in [1.82, 2.24) is 14.3 Å². The Morgan fingerprint density at radius 1 is 1.16 bits per heavy atom. The molecule has 32 heavy (non-hydrogen) atoms. The SMILES string of the molecule is [2H]c1c([2H])c(C([2H])([2H])[2H])c([2H])c(C)c1-c1nc2c(C)c(C)c(C(C)C)cn2c1C(C)(C)C(=O)N(C)C(C)C. The molecule has 172 valence electrons. The van der Waals surface area contributed by atoms with Gasteiger partial charge in [-0.05, 0) is 83.5 Å². The zero-order valence-electron chi connectivity index (χ0n) is 27.0. The van der Waals surface area contributed by atoms with Gasteiger partial charge in [-0.15, -0.1) is 0 Å². The van der Waals surface area contributed by atoms with E-state index in [-0.39, 0.29) is 41.1 Å². The number of amides is 1. The van der Waals surface area contributed by atoms with E-state index in [0.29, 0.717) is 17.0 Å². The molecule has 0 saturated heterocycles. The number of rotatable bonds is 5. The van der Waals surface area contributed by atoms with Gasteiger partial charge in [0.1, 0.15) is 5.65 Å². The fraction of sp³-hybridized carbons (Fsp3) is 0.500. The summed E-state index contributed by atoms with van der Waals surface area (Å²) in [5.74, 6) is 0.0704. The molecule has 0 bridgehead atoms. The molecule has 0 spiro atoms. The quantitative estimate of drug-likeness (QED) is 0.455. The highest BCUT2D eigenvalue weighted by molar-refractivity contribution is 5.90. The number of imidazole rings is 1. The lowest BCUT2D eigenvalue weighted by molar-refractivity contribution is -0.136. The van der Waals surface area contributed by atoms with E-state index in [1.54, 1.807) is 18.9 Å². The van der Waals surface area contributed by atoms with Crippen molar-refractivity contribution in [1.29, 1.82) is 0 Å². The van der Waals surface area contributed by atoms with Crippen LogP contribution in [-0.2, 0) is 10.2 Å². The molecule has 0 saturated carbocycles. The largest absolute Gasteiger partial charge is 0.343 e. The topological polar surface area (TPSA) is 37.6 Å². The van der Waals surface area contributed by atoms with Crippen molar-refractivity contribution in [3.63, 3.8) is 0 Å². The van der Waals surface area contributed by atoms with Crippen LogP contribution in [-0.4, -0.2) is 33.3 Å². The minimum atomic E-state index is -2.70. The molecule has 2 heterocycles. The van der Waals surface area contributed by atoms with Crippen LogP contribution < -0.4 is 0 Å². The molecule has 4 heteroatoms. The van der Waals surface area contributed by atoms with E-state index in [1.165, 1.54) is 0 Å². The lowest BCUT2D eigenvalue weighted by Gasteiger charge is -2.32. The number of aryl methyl sites for hydroxylation is 1. The van der Waals surface area contributed by atoms with Gasteiger partial charge < -0.3 is 9.30 Å². The third kappa shape index (κ3) is 3.85. The van der Waals surface area contributed by atoms with Gasteiger partial charge >= 0.3 is 0 Å². The third-order valence-electron chi connectivity index (χ3n) is 6.59. The minimum absolute atomic E-state index is 0.0497. The first-order valence-electron chi connectivity index (χ1n) is 14.2. The Kier molecular flexibility index (Phi) is 4.44. The van der Waals surface area contributed by atoms with E-state index in [1.807, 2.05) is 52.1 Å². The second-order valence-corrected chi connectivity index (χ2v) is 9.88. The summed E-state index contributed by atoms with van der Waals surface area (Å²) in [6.45, 7) is 14.6. The van der Waals surface area contributed by atoms with E-state index in [9.17, 15) is 4.79 Å². The first-order chi connectivity index (χ1) is 17.3. The lowest BCUT2D eigenvalue weighted by atomic mass is 9.83. The number of nitrogens with zero attached hydrogens (tertiary/aromatic N) is 3. The number of carbonyl (C=O) groups excluding carboxylic acids is 1. The van der Waals surface area contributed by atoms with Crippen LogP contribution in [0.4, 0.5) is 0 Å². The summed E-state index contributed by atoms with van der Waals surface area (Å²) in [6, 6.07) is -1.18. The fourth-order valence-corrected chi connectivity index (χ4v) is 4.31. The number of fused-ring (bicyclic) bond motifs is 1. The van der Waals surface area contributed by atoms with E-state index >= 15 is 0 Å². The zero-order valence-corrected chi connectivity index (χ0v) is 21.0. The van der Waals surface area contributed by atoms with Gasteiger partial charge in [0.2, 0.25) is 5.91 Å². The molecule has 1 aromatic carbocycles. The van der Waals surface area contributed by atoms with Gasteiger partial charge in [-0.2, -0.15) is 0 Å². The molecule has 0 atom stereocenters. The molecular formula is C28H39N3O. The molecule has 0 N–H and O–H groups in total. The standard InChI is InChI=1S/C28H39N3O/c1-16(2)23-15-31-25(28(9,10)27(32)30(11)17(3)4)24(29-26(31)21(8)20(23)7)22-13-12-18(5)14-19(22)6/h12-17H,1-11H3/i5D3,12D,13D,14D. The van der Waals surface area contributed by atoms with Gasteiger partial charge in [-0.25, -0.2) is 4.98 Å². The Hall–Kier alpha value is -2.62. The number of hydrogen-bond donors (Lipinski definition) is 0. The molecule has 0 aliphatic heterocycles. The second kappa shape index (κ2) is 8.38. The Balaban J connectivity index is 2.59. The number of likely N-dealkylation sites (N-methyl/N-ethyl adjacent to an activating group) is 1. The van der Waals surface area contributed by atoms with Crippen molar-refractivity contribution < 1.29 is 13.0 Å². The first-order valence-corrected chi connectivity index (χ1v) is 11.2.